The van der Waals surface area contributed by atoms with Crippen molar-refractivity contribution in [2.45, 2.75) is 38.8 Å². The summed E-state index contributed by atoms with van der Waals surface area (Å²) in [4.78, 5) is 21.5. The lowest BCUT2D eigenvalue weighted by Crippen LogP contribution is -2.35. The molecule has 20 heavy (non-hydrogen) atoms. The van der Waals surface area contributed by atoms with Gasteiger partial charge in [0.15, 0.2) is 0 Å². The molecule has 2 heterocycles. The number of ether oxygens (including phenoxy) is 1. The Bertz CT molecular complexity index is 545. The van der Waals surface area contributed by atoms with Crippen molar-refractivity contribution >= 4 is 6.09 Å². The van der Waals surface area contributed by atoms with Gasteiger partial charge in [-0.15, -0.1) is 0 Å². The number of hydrogen-bond donors (Lipinski definition) is 0. The number of amides is 1. The van der Waals surface area contributed by atoms with Gasteiger partial charge in [0.1, 0.15) is 11.7 Å². The van der Waals surface area contributed by atoms with Crippen LogP contribution >= 0.6 is 0 Å². The Kier molecular flexibility index (Phi) is 3.91. The summed E-state index contributed by atoms with van der Waals surface area (Å²) in [7, 11) is 0. The van der Waals surface area contributed by atoms with Gasteiger partial charge < -0.3 is 4.74 Å². The largest absolute Gasteiger partial charge is 0.442 e. The predicted octanol–water partition coefficient (Wildman–Crippen LogP) is 2.57. The molecule has 1 aromatic heterocycles. The topological polar surface area (TPSA) is 75.4 Å². The number of carbonyl (C=O) groups excluding carboxylic acids is 1. The number of hydrogen-bond acceptors (Lipinski definition) is 5. The van der Waals surface area contributed by atoms with Crippen molar-refractivity contribution in [3.8, 4) is 6.07 Å². The molecule has 1 saturated heterocycles. The molecule has 2 rings (SSSR count). The molecule has 0 bridgehead atoms. The highest BCUT2D eigenvalue weighted by molar-refractivity contribution is 5.67. The third-order valence-electron chi connectivity index (χ3n) is 2.75. The molecule has 0 aromatic carbocycles. The van der Waals surface area contributed by atoms with Gasteiger partial charge in [0.05, 0.1) is 18.2 Å². The highest BCUT2D eigenvalue weighted by Gasteiger charge is 2.35. The van der Waals surface area contributed by atoms with Crippen LogP contribution in [0.2, 0.25) is 0 Å². The Labute approximate surface area is 117 Å². The van der Waals surface area contributed by atoms with Crippen LogP contribution in [0.4, 0.5) is 4.79 Å². The van der Waals surface area contributed by atoms with Gasteiger partial charge in [0.25, 0.3) is 0 Å². The van der Waals surface area contributed by atoms with Crippen LogP contribution in [-0.4, -0.2) is 28.3 Å². The molecular formula is C14H17N3O3. The number of pyridine rings is 1. The molecule has 6 heteroatoms. The maximum atomic E-state index is 12.1. The van der Waals surface area contributed by atoms with E-state index in [1.165, 1.54) is 11.3 Å². The SMILES string of the molecule is CC(C)(C)OC(=O)N1OCCC1c1cncc(C#N)c1. The van der Waals surface area contributed by atoms with E-state index in [2.05, 4.69) is 4.98 Å². The van der Waals surface area contributed by atoms with Gasteiger partial charge in [-0.05, 0) is 32.4 Å². The molecule has 6 nitrogen and oxygen atoms in total. The van der Waals surface area contributed by atoms with Gasteiger partial charge in [-0.3, -0.25) is 9.82 Å². The van der Waals surface area contributed by atoms with Crippen molar-refractivity contribution in [2.75, 3.05) is 6.61 Å². The predicted molar refractivity (Wildman–Crippen MR) is 70.3 cm³/mol. The normalized spacial score (nSPS) is 18.7. The van der Waals surface area contributed by atoms with Crippen molar-refractivity contribution in [1.82, 2.24) is 10.0 Å². The van der Waals surface area contributed by atoms with Crippen molar-refractivity contribution in [3.63, 3.8) is 0 Å². The third-order valence-corrected chi connectivity index (χ3v) is 2.75. The van der Waals surface area contributed by atoms with Gasteiger partial charge in [-0.1, -0.05) is 0 Å². The first kappa shape index (κ1) is 14.3. The number of aromatic nitrogens is 1. The van der Waals surface area contributed by atoms with E-state index in [9.17, 15) is 4.79 Å². The average Bonchev–Trinajstić information content (AvgIpc) is 2.86. The van der Waals surface area contributed by atoms with Crippen LogP contribution in [0.15, 0.2) is 18.5 Å². The van der Waals surface area contributed by atoms with Gasteiger partial charge >= 0.3 is 6.09 Å². The Balaban J connectivity index is 2.19. The summed E-state index contributed by atoms with van der Waals surface area (Å²) < 4.78 is 5.31. The summed E-state index contributed by atoms with van der Waals surface area (Å²) in [6.45, 7) is 5.83. The minimum absolute atomic E-state index is 0.273. The van der Waals surface area contributed by atoms with Gasteiger partial charge in [-0.2, -0.15) is 10.3 Å². The lowest BCUT2D eigenvalue weighted by Gasteiger charge is -2.27. The standard InChI is InChI=1S/C14H17N3O3/c1-14(2,3)20-13(18)17-12(4-5-19-17)11-6-10(7-15)8-16-9-11/h6,8-9,12H,4-5H2,1-3H3. The number of nitriles is 1. The quantitative estimate of drug-likeness (QED) is 0.787. The second-order valence-electron chi connectivity index (χ2n) is 5.56. The molecule has 0 aliphatic carbocycles. The summed E-state index contributed by atoms with van der Waals surface area (Å²) in [6.07, 6.45) is 3.24. The summed E-state index contributed by atoms with van der Waals surface area (Å²) in [5.41, 5.74) is 0.645. The zero-order chi connectivity index (χ0) is 14.8. The molecule has 0 saturated carbocycles. The lowest BCUT2D eigenvalue weighted by molar-refractivity contribution is -0.125. The van der Waals surface area contributed by atoms with E-state index >= 15 is 0 Å². The third kappa shape index (κ3) is 3.25. The minimum Gasteiger partial charge on any atom is -0.442 e. The second-order valence-corrected chi connectivity index (χ2v) is 5.56. The van der Waals surface area contributed by atoms with Gasteiger partial charge in [-0.25, -0.2) is 4.79 Å². The van der Waals surface area contributed by atoms with E-state index in [-0.39, 0.29) is 6.04 Å². The van der Waals surface area contributed by atoms with Crippen LogP contribution in [0.3, 0.4) is 0 Å². The molecule has 106 valence electrons. The van der Waals surface area contributed by atoms with Crippen LogP contribution in [0, 0.1) is 11.3 Å². The first-order valence-corrected chi connectivity index (χ1v) is 6.41. The summed E-state index contributed by atoms with van der Waals surface area (Å²) in [6, 6.07) is 3.47. The lowest BCUT2D eigenvalue weighted by atomic mass is 10.1. The van der Waals surface area contributed by atoms with Crippen molar-refractivity contribution in [2.24, 2.45) is 0 Å². The average molecular weight is 275 g/mol. The maximum Gasteiger partial charge on any atom is 0.435 e. The first-order chi connectivity index (χ1) is 9.40. The number of rotatable bonds is 1. The van der Waals surface area contributed by atoms with Gasteiger partial charge in [0.2, 0.25) is 0 Å². The molecule has 0 N–H and O–H groups in total. The van der Waals surface area contributed by atoms with Crippen LogP contribution in [0.5, 0.6) is 0 Å². The Morgan fingerprint density at radius 1 is 1.55 bits per heavy atom. The van der Waals surface area contributed by atoms with Crippen molar-refractivity contribution < 1.29 is 14.4 Å². The molecule has 1 unspecified atom stereocenters. The molecule has 0 radical (unpaired) electrons. The van der Waals surface area contributed by atoms with Crippen LogP contribution in [0.25, 0.3) is 0 Å². The van der Waals surface area contributed by atoms with Crippen LogP contribution < -0.4 is 0 Å². The number of nitrogens with zero attached hydrogens (tertiary/aromatic N) is 3. The molecule has 1 atom stereocenters. The highest BCUT2D eigenvalue weighted by atomic mass is 16.7. The fraction of sp³-hybridized carbons (Fsp3) is 0.500. The molecule has 0 spiro atoms. The smallest absolute Gasteiger partial charge is 0.435 e. The van der Waals surface area contributed by atoms with E-state index in [0.717, 1.165) is 5.56 Å². The highest BCUT2D eigenvalue weighted by Crippen LogP contribution is 2.31. The summed E-state index contributed by atoms with van der Waals surface area (Å²) in [5, 5.41) is 10.1. The van der Waals surface area contributed by atoms with Crippen LogP contribution in [-0.2, 0) is 9.57 Å². The zero-order valence-corrected chi connectivity index (χ0v) is 11.8. The summed E-state index contributed by atoms with van der Waals surface area (Å²) in [5.74, 6) is 0. The molecule has 1 aliphatic rings. The zero-order valence-electron chi connectivity index (χ0n) is 11.8. The molecular weight excluding hydrogens is 258 g/mol. The Hall–Kier alpha value is -2.13. The van der Waals surface area contributed by atoms with Gasteiger partial charge in [0, 0.05) is 18.8 Å². The van der Waals surface area contributed by atoms with E-state index < -0.39 is 11.7 Å². The molecule has 1 aliphatic heterocycles. The number of carbonyl (C=O) groups is 1. The van der Waals surface area contributed by atoms with Crippen LogP contribution in [0.1, 0.15) is 44.4 Å². The second kappa shape index (κ2) is 5.47. The van der Waals surface area contributed by atoms with Crippen molar-refractivity contribution in [3.05, 3.63) is 29.6 Å². The van der Waals surface area contributed by atoms with E-state index in [1.54, 1.807) is 33.0 Å². The summed E-state index contributed by atoms with van der Waals surface area (Å²) >= 11 is 0. The maximum absolute atomic E-state index is 12.1. The minimum atomic E-state index is -0.583. The number of hydroxylamine groups is 2. The van der Waals surface area contributed by atoms with E-state index in [0.29, 0.717) is 18.6 Å². The van der Waals surface area contributed by atoms with E-state index in [1.807, 2.05) is 6.07 Å². The fourth-order valence-electron chi connectivity index (χ4n) is 1.96. The first-order valence-electron chi connectivity index (χ1n) is 6.41. The Morgan fingerprint density at radius 2 is 2.30 bits per heavy atom. The monoisotopic (exact) mass is 275 g/mol. The molecule has 1 fully saturated rings. The molecule has 1 aromatic rings. The molecule has 1 amide bonds. The fourth-order valence-corrected chi connectivity index (χ4v) is 1.96. The Morgan fingerprint density at radius 3 is 2.95 bits per heavy atom. The van der Waals surface area contributed by atoms with E-state index in [4.69, 9.17) is 14.8 Å². The van der Waals surface area contributed by atoms with Crippen molar-refractivity contribution in [1.29, 1.82) is 5.26 Å².